The fraction of sp³-hybridized carbons (Fsp3) is 1.00. The molecule has 0 radical (unpaired) electrons. The van der Waals surface area contributed by atoms with Gasteiger partial charge in [-0.1, -0.05) is 25.7 Å². The highest BCUT2D eigenvalue weighted by Gasteiger charge is 2.39. The molecule has 0 aromatic carbocycles. The zero-order chi connectivity index (χ0) is 12.3. The molecule has 2 nitrogen and oxygen atoms in total. The number of rotatable bonds is 2. The first-order chi connectivity index (χ1) is 8.12. The van der Waals surface area contributed by atoms with E-state index in [2.05, 4.69) is 18.7 Å². The molecule has 0 atom stereocenters. The summed E-state index contributed by atoms with van der Waals surface area (Å²) < 4.78 is 0. The Morgan fingerprint density at radius 3 is 2.00 bits per heavy atom. The molecule has 2 fully saturated rings. The van der Waals surface area contributed by atoms with E-state index in [9.17, 15) is 5.11 Å². The van der Waals surface area contributed by atoms with Gasteiger partial charge in [-0.05, 0) is 45.4 Å². The SMILES string of the molecule is CC(C)N1CCC(O)(C2CCCCCC2)CC1. The third kappa shape index (κ3) is 3.23. The molecule has 0 unspecified atom stereocenters. The summed E-state index contributed by atoms with van der Waals surface area (Å²) in [6, 6.07) is 0.633. The fourth-order valence-corrected chi connectivity index (χ4v) is 3.65. The summed E-state index contributed by atoms with van der Waals surface area (Å²) in [5, 5.41) is 10.9. The summed E-state index contributed by atoms with van der Waals surface area (Å²) in [5.74, 6) is 0.583. The molecule has 1 aliphatic heterocycles. The van der Waals surface area contributed by atoms with Crippen molar-refractivity contribution < 1.29 is 5.11 Å². The minimum Gasteiger partial charge on any atom is -0.390 e. The van der Waals surface area contributed by atoms with Crippen LogP contribution < -0.4 is 0 Å². The number of likely N-dealkylation sites (tertiary alicyclic amines) is 1. The second-order valence-corrected chi connectivity index (χ2v) is 6.42. The average molecular weight is 239 g/mol. The molecule has 2 aliphatic rings. The molecule has 1 heterocycles. The van der Waals surface area contributed by atoms with Crippen molar-refractivity contribution in [2.75, 3.05) is 13.1 Å². The highest BCUT2D eigenvalue weighted by molar-refractivity contribution is 4.92. The molecule has 1 saturated heterocycles. The molecular weight excluding hydrogens is 210 g/mol. The minimum atomic E-state index is -0.338. The van der Waals surface area contributed by atoms with Crippen molar-refractivity contribution >= 4 is 0 Å². The molecule has 1 aliphatic carbocycles. The third-order valence-corrected chi connectivity index (χ3v) is 5.01. The molecule has 2 rings (SSSR count). The molecule has 1 N–H and O–H groups in total. The highest BCUT2D eigenvalue weighted by Crippen LogP contribution is 2.38. The van der Waals surface area contributed by atoms with Gasteiger partial charge in [0.2, 0.25) is 0 Å². The van der Waals surface area contributed by atoms with E-state index >= 15 is 0 Å². The molecule has 2 heteroatoms. The van der Waals surface area contributed by atoms with E-state index in [0.29, 0.717) is 12.0 Å². The number of aliphatic hydroxyl groups is 1. The van der Waals surface area contributed by atoms with Gasteiger partial charge < -0.3 is 10.0 Å². The van der Waals surface area contributed by atoms with Gasteiger partial charge in [0.05, 0.1) is 5.60 Å². The fourth-order valence-electron chi connectivity index (χ4n) is 3.65. The maximum atomic E-state index is 10.9. The monoisotopic (exact) mass is 239 g/mol. The van der Waals surface area contributed by atoms with E-state index in [1.165, 1.54) is 38.5 Å². The molecule has 0 spiro atoms. The van der Waals surface area contributed by atoms with E-state index in [1.54, 1.807) is 0 Å². The first-order valence-electron chi connectivity index (χ1n) is 7.58. The Morgan fingerprint density at radius 1 is 1.00 bits per heavy atom. The summed E-state index contributed by atoms with van der Waals surface area (Å²) in [6.45, 7) is 6.70. The lowest BCUT2D eigenvalue weighted by Gasteiger charge is -2.44. The number of hydrogen-bond acceptors (Lipinski definition) is 2. The van der Waals surface area contributed by atoms with Gasteiger partial charge in [-0.2, -0.15) is 0 Å². The van der Waals surface area contributed by atoms with Gasteiger partial charge in [0.25, 0.3) is 0 Å². The van der Waals surface area contributed by atoms with Crippen molar-refractivity contribution in [1.82, 2.24) is 4.90 Å². The van der Waals surface area contributed by atoms with E-state index in [-0.39, 0.29) is 5.60 Å². The predicted molar refractivity (Wildman–Crippen MR) is 72.1 cm³/mol. The molecule has 17 heavy (non-hydrogen) atoms. The maximum absolute atomic E-state index is 10.9. The third-order valence-electron chi connectivity index (χ3n) is 5.01. The first-order valence-corrected chi connectivity index (χ1v) is 7.58. The first kappa shape index (κ1) is 13.4. The summed E-state index contributed by atoms with van der Waals surface area (Å²) in [6.07, 6.45) is 9.94. The Bertz CT molecular complexity index is 223. The summed E-state index contributed by atoms with van der Waals surface area (Å²) in [4.78, 5) is 2.51. The molecule has 0 aromatic heterocycles. The predicted octanol–water partition coefficient (Wildman–Crippen LogP) is 3.19. The lowest BCUT2D eigenvalue weighted by Crippen LogP contribution is -2.50. The van der Waals surface area contributed by atoms with Crippen molar-refractivity contribution in [3.8, 4) is 0 Å². The quantitative estimate of drug-likeness (QED) is 0.748. The number of nitrogens with zero attached hydrogens (tertiary/aromatic N) is 1. The van der Waals surface area contributed by atoms with Crippen molar-refractivity contribution in [3.63, 3.8) is 0 Å². The minimum absolute atomic E-state index is 0.338. The van der Waals surface area contributed by atoms with Crippen molar-refractivity contribution in [1.29, 1.82) is 0 Å². The Hall–Kier alpha value is -0.0800. The largest absolute Gasteiger partial charge is 0.390 e. The zero-order valence-corrected chi connectivity index (χ0v) is 11.6. The van der Waals surface area contributed by atoms with Gasteiger partial charge in [0.1, 0.15) is 0 Å². The molecule has 100 valence electrons. The standard InChI is InChI=1S/C15H29NO/c1-13(2)16-11-9-15(17,10-12-16)14-7-5-3-4-6-8-14/h13-14,17H,3-12H2,1-2H3. The van der Waals surface area contributed by atoms with Crippen molar-refractivity contribution in [2.24, 2.45) is 5.92 Å². The van der Waals surface area contributed by atoms with Gasteiger partial charge in [0.15, 0.2) is 0 Å². The van der Waals surface area contributed by atoms with Crippen LogP contribution in [0.3, 0.4) is 0 Å². The van der Waals surface area contributed by atoms with Crippen LogP contribution in [0, 0.1) is 5.92 Å². The van der Waals surface area contributed by atoms with Crippen molar-refractivity contribution in [3.05, 3.63) is 0 Å². The summed E-state index contributed by atoms with van der Waals surface area (Å²) >= 11 is 0. The van der Waals surface area contributed by atoms with Crippen LogP contribution in [0.5, 0.6) is 0 Å². The van der Waals surface area contributed by atoms with Gasteiger partial charge in [-0.15, -0.1) is 0 Å². The van der Waals surface area contributed by atoms with E-state index in [0.717, 1.165) is 25.9 Å². The Balaban J connectivity index is 1.91. The Morgan fingerprint density at radius 2 is 1.53 bits per heavy atom. The van der Waals surface area contributed by atoms with Crippen LogP contribution in [0.25, 0.3) is 0 Å². The van der Waals surface area contributed by atoms with E-state index in [1.807, 2.05) is 0 Å². The second kappa shape index (κ2) is 5.71. The van der Waals surface area contributed by atoms with Crippen LogP contribution in [-0.2, 0) is 0 Å². The lowest BCUT2D eigenvalue weighted by atomic mass is 9.75. The molecule has 0 bridgehead atoms. The summed E-state index contributed by atoms with van der Waals surface area (Å²) in [7, 11) is 0. The topological polar surface area (TPSA) is 23.5 Å². The van der Waals surface area contributed by atoms with Gasteiger partial charge in [-0.25, -0.2) is 0 Å². The van der Waals surface area contributed by atoms with Crippen LogP contribution in [0.2, 0.25) is 0 Å². The summed E-state index contributed by atoms with van der Waals surface area (Å²) in [5.41, 5.74) is -0.338. The molecular formula is C15H29NO. The lowest BCUT2D eigenvalue weighted by molar-refractivity contribution is -0.0757. The highest BCUT2D eigenvalue weighted by atomic mass is 16.3. The second-order valence-electron chi connectivity index (χ2n) is 6.42. The number of piperidine rings is 1. The Kier molecular flexibility index (Phi) is 4.48. The van der Waals surface area contributed by atoms with Crippen LogP contribution in [0.4, 0.5) is 0 Å². The molecule has 0 amide bonds. The number of hydrogen-bond donors (Lipinski definition) is 1. The van der Waals surface area contributed by atoms with E-state index < -0.39 is 0 Å². The van der Waals surface area contributed by atoms with Gasteiger partial charge in [0, 0.05) is 19.1 Å². The van der Waals surface area contributed by atoms with Gasteiger partial charge in [-0.3, -0.25) is 0 Å². The normalized spacial score (nSPS) is 28.2. The van der Waals surface area contributed by atoms with Gasteiger partial charge >= 0.3 is 0 Å². The zero-order valence-electron chi connectivity index (χ0n) is 11.6. The van der Waals surface area contributed by atoms with Crippen LogP contribution in [-0.4, -0.2) is 34.7 Å². The maximum Gasteiger partial charge on any atom is 0.0700 e. The van der Waals surface area contributed by atoms with Crippen LogP contribution in [0.15, 0.2) is 0 Å². The average Bonchev–Trinajstić information content (AvgIpc) is 2.58. The van der Waals surface area contributed by atoms with E-state index in [4.69, 9.17) is 0 Å². The molecule has 0 aromatic rings. The van der Waals surface area contributed by atoms with Crippen LogP contribution >= 0.6 is 0 Å². The molecule has 1 saturated carbocycles. The van der Waals surface area contributed by atoms with Crippen molar-refractivity contribution in [2.45, 2.75) is 76.9 Å². The van der Waals surface area contributed by atoms with Crippen LogP contribution in [0.1, 0.15) is 65.2 Å². The smallest absolute Gasteiger partial charge is 0.0700 e. The Labute approximate surface area is 106 Å².